The topological polar surface area (TPSA) is 280 Å². The number of nitrogen functional groups attached to an aromatic ring is 1. The molecule has 2 amide bonds. The van der Waals surface area contributed by atoms with E-state index in [-0.39, 0.29) is 79.1 Å². The van der Waals surface area contributed by atoms with Crippen LogP contribution in [0.4, 0.5) is 16.4 Å². The fraction of sp³-hybridized carbons (Fsp3) is 0.372. The van der Waals surface area contributed by atoms with E-state index in [9.17, 15) is 29.2 Å². The van der Waals surface area contributed by atoms with Crippen LogP contribution < -0.4 is 36.8 Å². The summed E-state index contributed by atoms with van der Waals surface area (Å²) in [6, 6.07) is 16.1. The van der Waals surface area contributed by atoms with Crippen LogP contribution in [-0.2, 0) is 28.0 Å². The fourth-order valence-corrected chi connectivity index (χ4v) is 8.66. The highest BCUT2D eigenvalue weighted by atomic mass is 79.9. The van der Waals surface area contributed by atoms with Crippen molar-refractivity contribution in [3.63, 3.8) is 0 Å². The number of nitrogens with zero attached hydrogens (tertiary/aromatic N) is 5. The third-order valence-electron chi connectivity index (χ3n) is 10.6. The first-order chi connectivity index (χ1) is 32.4. The maximum absolute atomic E-state index is 13.2. The number of H-pyrrole nitrogens is 1. The first-order valence-corrected chi connectivity index (χ1v) is 23.6. The Morgan fingerprint density at radius 1 is 1.00 bits per heavy atom. The van der Waals surface area contributed by atoms with E-state index < -0.39 is 56.4 Å². The Labute approximate surface area is 398 Å². The molecule has 2 aromatic carbocycles. The van der Waals surface area contributed by atoms with E-state index in [1.54, 1.807) is 19.1 Å². The molecule has 358 valence electrons. The average Bonchev–Trinajstić information content (AvgIpc) is 3.64. The summed E-state index contributed by atoms with van der Waals surface area (Å²) in [4.78, 5) is 74.8. The predicted molar refractivity (Wildman–Crippen MR) is 256 cm³/mol. The number of anilines is 2. The van der Waals surface area contributed by atoms with Gasteiger partial charge in [-0.3, -0.25) is 19.1 Å². The summed E-state index contributed by atoms with van der Waals surface area (Å²) in [5.74, 6) is -1.29. The molecule has 7 rings (SSSR count). The molecule has 68 heavy (non-hydrogen) atoms. The van der Waals surface area contributed by atoms with E-state index in [1.165, 1.54) is 10.6 Å². The number of carbonyl (C=O) groups excluding carboxylic acids is 2. The van der Waals surface area contributed by atoms with Crippen molar-refractivity contribution in [2.75, 3.05) is 91.6 Å². The van der Waals surface area contributed by atoms with Crippen molar-refractivity contribution >= 4 is 83.1 Å². The maximum Gasteiger partial charge on any atom is 0.488 e. The number of imidazole rings is 1. The molecular formula is C43H50BBrN9O13P+2. The zero-order chi connectivity index (χ0) is 48.9. The predicted octanol–water partition coefficient (Wildman–Crippen LogP) is 3.13. The number of rotatable bonds is 15. The van der Waals surface area contributed by atoms with Gasteiger partial charge in [0.15, 0.2) is 28.2 Å². The first-order valence-electron chi connectivity index (χ1n) is 21.1. The van der Waals surface area contributed by atoms with E-state index in [0.29, 0.717) is 22.5 Å². The highest BCUT2D eigenvalue weighted by Crippen LogP contribution is 2.53. The summed E-state index contributed by atoms with van der Waals surface area (Å²) >= 11 is 3.32. The summed E-state index contributed by atoms with van der Waals surface area (Å²) in [6.45, 7) is 1.61. The van der Waals surface area contributed by atoms with Gasteiger partial charge in [0.05, 0.1) is 44.2 Å². The van der Waals surface area contributed by atoms with Gasteiger partial charge >= 0.3 is 27.5 Å². The maximum atomic E-state index is 13.2. The van der Waals surface area contributed by atoms with Crippen LogP contribution in [0.25, 0.3) is 44.6 Å². The van der Waals surface area contributed by atoms with Crippen LogP contribution in [0.1, 0.15) is 33.9 Å². The van der Waals surface area contributed by atoms with Crippen LogP contribution in [0, 0.1) is 0 Å². The second-order valence-corrected chi connectivity index (χ2v) is 18.3. The number of hydrogen-bond acceptors (Lipinski definition) is 16. The van der Waals surface area contributed by atoms with Crippen molar-refractivity contribution < 1.29 is 56.8 Å². The van der Waals surface area contributed by atoms with Gasteiger partial charge in [0.2, 0.25) is 11.3 Å². The van der Waals surface area contributed by atoms with E-state index in [1.807, 2.05) is 74.1 Å². The molecule has 7 N–H and O–H groups in total. The van der Waals surface area contributed by atoms with Gasteiger partial charge in [-0.1, -0.05) is 6.07 Å². The number of aromatic nitrogens is 4. The Kier molecular flexibility index (Phi) is 15.8. The number of aromatic carboxylic acids is 1. The van der Waals surface area contributed by atoms with Crippen LogP contribution in [-0.4, -0.2) is 148 Å². The summed E-state index contributed by atoms with van der Waals surface area (Å²) in [5, 5.41) is 17.4. The van der Waals surface area contributed by atoms with Gasteiger partial charge < -0.3 is 49.7 Å². The second-order valence-electron chi connectivity index (χ2n) is 15.9. The van der Waals surface area contributed by atoms with Gasteiger partial charge in [0.25, 0.3) is 11.5 Å². The zero-order valence-corrected chi connectivity index (χ0v) is 40.2. The lowest BCUT2D eigenvalue weighted by atomic mass is 9.89. The Hall–Kier alpha value is -5.98. The molecule has 3 aliphatic rings. The van der Waals surface area contributed by atoms with Crippen molar-refractivity contribution in [2.45, 2.75) is 25.4 Å². The number of hydrogen-bond donors (Lipinski definition) is 6. The molecule has 1 saturated heterocycles. The van der Waals surface area contributed by atoms with Crippen LogP contribution in [0.3, 0.4) is 0 Å². The number of ether oxygens (including phenoxy) is 4. The highest BCUT2D eigenvalue weighted by Gasteiger charge is 2.43. The first kappa shape index (κ1) is 49.9. The smallest absolute Gasteiger partial charge is 0.478 e. The lowest BCUT2D eigenvalue weighted by Gasteiger charge is -2.29. The van der Waals surface area contributed by atoms with Gasteiger partial charge in [-0.15, -0.1) is 0 Å². The molecule has 0 spiro atoms. The van der Waals surface area contributed by atoms with Crippen molar-refractivity contribution in [3.8, 4) is 22.5 Å². The van der Waals surface area contributed by atoms with E-state index >= 15 is 0 Å². The van der Waals surface area contributed by atoms with Crippen molar-refractivity contribution in [1.82, 2.24) is 34.7 Å². The molecule has 0 saturated carbocycles. The monoisotopic (exact) mass is 1020 g/mol. The van der Waals surface area contributed by atoms with Crippen LogP contribution >= 0.6 is 23.8 Å². The number of halogens is 1. The minimum Gasteiger partial charge on any atom is -0.478 e. The van der Waals surface area contributed by atoms with E-state index in [4.69, 9.17) is 45.7 Å². The number of carbonyl (C=O) groups is 3. The molecule has 1 fully saturated rings. The fourth-order valence-electron chi connectivity index (χ4n) is 7.26. The van der Waals surface area contributed by atoms with Crippen molar-refractivity contribution in [2.24, 2.45) is 0 Å². The number of aromatic amines is 1. The number of amides is 2. The highest BCUT2D eigenvalue weighted by molar-refractivity contribution is 9.10. The lowest BCUT2D eigenvalue weighted by Crippen LogP contribution is -2.40. The van der Waals surface area contributed by atoms with Gasteiger partial charge in [-0.2, -0.15) is 14.0 Å². The molecule has 25 heteroatoms. The molecule has 1 unspecified atom stereocenters. The summed E-state index contributed by atoms with van der Waals surface area (Å²) < 4.78 is 43.5. The number of nitrogens with one attached hydrogen (secondary N) is 3. The van der Waals surface area contributed by atoms with Crippen LogP contribution in [0.5, 0.6) is 0 Å². The molecule has 2 aliphatic heterocycles. The number of carboxylic acid groups (broad SMARTS) is 1. The molecule has 4 heterocycles. The number of alkyl carbamates (subject to hydrolysis) is 1. The van der Waals surface area contributed by atoms with Crippen molar-refractivity contribution in [3.05, 3.63) is 86.2 Å². The Morgan fingerprint density at radius 2 is 1.71 bits per heavy atom. The standard InChI is InChI=1S/C43H49BBrN9O13P/c1-23-21-63-68(44,60)64-22-33(39(65-23)54-36-35(49-41(54)45)38(56)51-42(46)50-36)67-43(59)48-13-15-62-17-16-61-14-12-47-37(55)24-6-9-27(30(18-24)40(57)58)34-28-10-7-25(52(2)3)19-31(28)66-32-20-26(53(4)5)8-11-29(32)34/h6-11,18-20,23,33,39,60H,12-17,21-22H2,1-5H3,(H5-,46,47,48,50,51,55,56,57,58,59)/q+1/p+1/t23-,33-,39+,68?/m0/s1. The Morgan fingerprint density at radius 3 is 2.41 bits per heavy atom. The third kappa shape index (κ3) is 11.6. The SMILES string of the molecule is [B][P+]1(O)OC[C@H](OC(=O)NCCOCCOCCNC(=O)c2ccc(-c3c4ccc(=[N+](C)C)cc-4oc4cc(N(C)C)ccc34)c(C(=O)O)c2)[C@H](n2c(Br)nc3c(=O)[nH]c(N)nc32)O[C@@H](C)CO1. The molecule has 22 nitrogen and oxygen atoms in total. The minimum atomic E-state index is -3.83. The minimum absolute atomic E-state index is 0.0158. The van der Waals surface area contributed by atoms with Gasteiger partial charge in [0.1, 0.15) is 38.7 Å². The Bertz CT molecular complexity index is 2940. The largest absolute Gasteiger partial charge is 0.488 e. The number of nitrogens with two attached hydrogens (primary N) is 1. The Balaban J connectivity index is 0.904. The molecule has 1 aliphatic carbocycles. The number of benzene rings is 3. The van der Waals surface area contributed by atoms with E-state index in [2.05, 4.69) is 41.5 Å². The van der Waals surface area contributed by atoms with Gasteiger partial charge in [-0.25, -0.2) is 24.0 Å². The molecule has 4 aromatic rings. The number of fused-ring (bicyclic) bond motifs is 3. The molecule has 0 bridgehead atoms. The molecule has 2 radical (unpaired) electrons. The zero-order valence-electron chi connectivity index (χ0n) is 37.7. The van der Waals surface area contributed by atoms with Crippen LogP contribution in [0.2, 0.25) is 0 Å². The lowest BCUT2D eigenvalue weighted by molar-refractivity contribution is -0.123. The normalized spacial score (nSPS) is 18.7. The molecule has 4 atom stereocenters. The second kappa shape index (κ2) is 21.5. The average molecular weight is 1020 g/mol. The molecule has 2 aromatic heterocycles. The third-order valence-corrected chi connectivity index (χ3v) is 12.2. The quantitative estimate of drug-likeness (QED) is 0.0215. The van der Waals surface area contributed by atoms with E-state index in [0.717, 1.165) is 22.0 Å². The summed E-state index contributed by atoms with van der Waals surface area (Å²) in [6.07, 6.45) is -4.15. The summed E-state index contributed by atoms with van der Waals surface area (Å²) in [5.41, 5.74) is 8.56. The van der Waals surface area contributed by atoms with Crippen LogP contribution in [0.15, 0.2) is 68.5 Å². The molecular weight excluding hydrogens is 972 g/mol. The van der Waals surface area contributed by atoms with Gasteiger partial charge in [0, 0.05) is 67.1 Å². The number of carboxylic acids is 1. The van der Waals surface area contributed by atoms with Crippen molar-refractivity contribution in [1.29, 1.82) is 0 Å². The van der Waals surface area contributed by atoms with Gasteiger partial charge in [-0.05, 0) is 58.7 Å². The summed E-state index contributed by atoms with van der Waals surface area (Å²) in [7, 11) is 9.69.